The maximum absolute atomic E-state index is 9.05. The summed E-state index contributed by atoms with van der Waals surface area (Å²) >= 11 is 0. The Hall–Kier alpha value is -1.63. The lowest BCUT2D eigenvalue weighted by molar-refractivity contribution is 0.427. The standard InChI is InChI=1S/C15H20N4/c1-11-9-13(10-16)18-15(17-11)19-8-4-7-14(19)12-5-2-3-6-12/h9,12,14H,2-8H2,1H3. The predicted octanol–water partition coefficient (Wildman–Crippen LogP) is 2.82. The van der Waals surface area contributed by atoms with E-state index in [1.165, 1.54) is 38.5 Å². The molecular formula is C15H20N4. The van der Waals surface area contributed by atoms with Crippen molar-refractivity contribution < 1.29 is 0 Å². The quantitative estimate of drug-likeness (QED) is 0.816. The Morgan fingerprint density at radius 3 is 2.74 bits per heavy atom. The molecule has 1 unspecified atom stereocenters. The Morgan fingerprint density at radius 2 is 2.00 bits per heavy atom. The first-order valence-electron chi connectivity index (χ1n) is 7.30. The fourth-order valence-electron chi connectivity index (χ4n) is 3.61. The van der Waals surface area contributed by atoms with Crippen LogP contribution in [-0.4, -0.2) is 22.6 Å². The van der Waals surface area contributed by atoms with E-state index in [0.717, 1.165) is 24.1 Å². The Balaban J connectivity index is 1.87. The number of aryl methyl sites for hydroxylation is 1. The summed E-state index contributed by atoms with van der Waals surface area (Å²) in [7, 11) is 0. The zero-order chi connectivity index (χ0) is 13.2. The Morgan fingerprint density at radius 1 is 1.21 bits per heavy atom. The van der Waals surface area contributed by atoms with E-state index in [-0.39, 0.29) is 0 Å². The van der Waals surface area contributed by atoms with Gasteiger partial charge in [0.1, 0.15) is 11.8 Å². The fraction of sp³-hybridized carbons (Fsp3) is 0.667. The third-order valence-corrected chi connectivity index (χ3v) is 4.46. The molecule has 0 bridgehead atoms. The molecule has 2 heterocycles. The maximum Gasteiger partial charge on any atom is 0.227 e. The van der Waals surface area contributed by atoms with Crippen LogP contribution in [0.5, 0.6) is 0 Å². The molecule has 19 heavy (non-hydrogen) atoms. The first kappa shape index (κ1) is 12.4. The highest BCUT2D eigenvalue weighted by Crippen LogP contribution is 2.36. The van der Waals surface area contributed by atoms with Crippen molar-refractivity contribution in [2.24, 2.45) is 5.92 Å². The van der Waals surface area contributed by atoms with Crippen molar-refractivity contribution in [2.45, 2.75) is 51.5 Å². The smallest absolute Gasteiger partial charge is 0.227 e. The molecule has 4 nitrogen and oxygen atoms in total. The second-order valence-corrected chi connectivity index (χ2v) is 5.75. The van der Waals surface area contributed by atoms with Gasteiger partial charge in [0, 0.05) is 18.3 Å². The fourth-order valence-corrected chi connectivity index (χ4v) is 3.61. The van der Waals surface area contributed by atoms with Crippen LogP contribution < -0.4 is 4.90 Å². The van der Waals surface area contributed by atoms with Crippen LogP contribution in [-0.2, 0) is 0 Å². The van der Waals surface area contributed by atoms with Gasteiger partial charge in [0.25, 0.3) is 0 Å². The summed E-state index contributed by atoms with van der Waals surface area (Å²) < 4.78 is 0. The number of hydrogen-bond acceptors (Lipinski definition) is 4. The van der Waals surface area contributed by atoms with E-state index in [4.69, 9.17) is 5.26 Å². The van der Waals surface area contributed by atoms with Gasteiger partial charge in [-0.3, -0.25) is 0 Å². The molecule has 4 heteroatoms. The lowest BCUT2D eigenvalue weighted by Gasteiger charge is -2.29. The minimum Gasteiger partial charge on any atom is -0.338 e. The molecule has 1 aliphatic carbocycles. The maximum atomic E-state index is 9.05. The average Bonchev–Trinajstić information content (AvgIpc) is 3.08. The summed E-state index contributed by atoms with van der Waals surface area (Å²) in [5.74, 6) is 1.57. The molecule has 2 fully saturated rings. The van der Waals surface area contributed by atoms with Crippen LogP contribution in [0.2, 0.25) is 0 Å². The molecule has 1 atom stereocenters. The van der Waals surface area contributed by atoms with E-state index in [0.29, 0.717) is 11.7 Å². The SMILES string of the molecule is Cc1cc(C#N)nc(N2CCCC2C2CCCC2)n1. The Bertz CT molecular complexity index is 499. The van der Waals surface area contributed by atoms with Gasteiger partial charge in [-0.2, -0.15) is 5.26 Å². The van der Waals surface area contributed by atoms with Crippen molar-refractivity contribution in [1.82, 2.24) is 9.97 Å². The van der Waals surface area contributed by atoms with Crippen LogP contribution in [0.4, 0.5) is 5.95 Å². The van der Waals surface area contributed by atoms with Crippen LogP contribution in [0, 0.1) is 24.2 Å². The largest absolute Gasteiger partial charge is 0.338 e. The molecule has 1 saturated heterocycles. The molecule has 1 aromatic rings. The summed E-state index contributed by atoms with van der Waals surface area (Å²) in [5, 5.41) is 9.05. The van der Waals surface area contributed by atoms with E-state index in [1.807, 2.05) is 6.92 Å². The predicted molar refractivity (Wildman–Crippen MR) is 73.8 cm³/mol. The summed E-state index contributed by atoms with van der Waals surface area (Å²) in [5.41, 5.74) is 1.37. The highest BCUT2D eigenvalue weighted by molar-refractivity contribution is 5.38. The van der Waals surface area contributed by atoms with E-state index < -0.39 is 0 Å². The molecule has 0 N–H and O–H groups in total. The highest BCUT2D eigenvalue weighted by atomic mass is 15.3. The molecule has 0 aromatic carbocycles. The number of hydrogen-bond donors (Lipinski definition) is 0. The van der Waals surface area contributed by atoms with Gasteiger partial charge in [-0.1, -0.05) is 12.8 Å². The van der Waals surface area contributed by atoms with Gasteiger partial charge in [0.15, 0.2) is 0 Å². The molecule has 0 radical (unpaired) electrons. The monoisotopic (exact) mass is 256 g/mol. The van der Waals surface area contributed by atoms with Crippen LogP contribution >= 0.6 is 0 Å². The van der Waals surface area contributed by atoms with Crippen molar-refractivity contribution in [3.05, 3.63) is 17.5 Å². The van der Waals surface area contributed by atoms with Crippen LogP contribution in [0.1, 0.15) is 49.9 Å². The highest BCUT2D eigenvalue weighted by Gasteiger charge is 2.34. The van der Waals surface area contributed by atoms with Crippen LogP contribution in [0.25, 0.3) is 0 Å². The topological polar surface area (TPSA) is 52.8 Å². The Kier molecular flexibility index (Phi) is 3.37. The molecular weight excluding hydrogens is 236 g/mol. The zero-order valence-electron chi connectivity index (χ0n) is 11.5. The third kappa shape index (κ3) is 2.42. The molecule has 3 rings (SSSR count). The summed E-state index contributed by atoms with van der Waals surface area (Å²) in [6, 6.07) is 4.49. The van der Waals surface area contributed by atoms with Crippen molar-refractivity contribution >= 4 is 5.95 Å². The molecule has 0 amide bonds. The van der Waals surface area contributed by atoms with E-state index in [9.17, 15) is 0 Å². The lowest BCUT2D eigenvalue weighted by atomic mass is 9.96. The van der Waals surface area contributed by atoms with Gasteiger partial charge in [-0.15, -0.1) is 0 Å². The summed E-state index contributed by atoms with van der Waals surface area (Å²) in [6.45, 7) is 2.97. The molecule has 0 spiro atoms. The second kappa shape index (κ2) is 5.16. The van der Waals surface area contributed by atoms with Crippen molar-refractivity contribution in [2.75, 3.05) is 11.4 Å². The number of nitriles is 1. The molecule has 2 aliphatic rings. The van der Waals surface area contributed by atoms with Crippen LogP contribution in [0.3, 0.4) is 0 Å². The van der Waals surface area contributed by atoms with Gasteiger partial charge in [0.05, 0.1) is 0 Å². The van der Waals surface area contributed by atoms with E-state index >= 15 is 0 Å². The normalized spacial score (nSPS) is 23.8. The van der Waals surface area contributed by atoms with Gasteiger partial charge in [-0.05, 0) is 44.6 Å². The van der Waals surface area contributed by atoms with Gasteiger partial charge in [0.2, 0.25) is 5.95 Å². The average molecular weight is 256 g/mol. The minimum absolute atomic E-state index is 0.486. The molecule has 1 saturated carbocycles. The van der Waals surface area contributed by atoms with Gasteiger partial charge < -0.3 is 4.90 Å². The first-order chi connectivity index (χ1) is 9.28. The first-order valence-corrected chi connectivity index (χ1v) is 7.30. The second-order valence-electron chi connectivity index (χ2n) is 5.75. The van der Waals surface area contributed by atoms with E-state index in [2.05, 4.69) is 20.9 Å². The van der Waals surface area contributed by atoms with Gasteiger partial charge in [-0.25, -0.2) is 9.97 Å². The summed E-state index contributed by atoms with van der Waals surface area (Å²) in [4.78, 5) is 11.3. The van der Waals surface area contributed by atoms with Gasteiger partial charge >= 0.3 is 0 Å². The molecule has 100 valence electrons. The number of aromatic nitrogens is 2. The molecule has 1 aliphatic heterocycles. The molecule has 1 aromatic heterocycles. The zero-order valence-corrected chi connectivity index (χ0v) is 11.5. The number of nitrogens with zero attached hydrogens (tertiary/aromatic N) is 4. The number of anilines is 1. The van der Waals surface area contributed by atoms with Crippen molar-refractivity contribution in [3.63, 3.8) is 0 Å². The van der Waals surface area contributed by atoms with E-state index in [1.54, 1.807) is 6.07 Å². The minimum atomic E-state index is 0.486. The lowest BCUT2D eigenvalue weighted by Crippen LogP contribution is -2.36. The summed E-state index contributed by atoms with van der Waals surface area (Å²) in [6.07, 6.45) is 7.90. The number of rotatable bonds is 2. The Labute approximate surface area is 114 Å². The van der Waals surface area contributed by atoms with Crippen molar-refractivity contribution in [3.8, 4) is 6.07 Å². The third-order valence-electron chi connectivity index (χ3n) is 4.46. The van der Waals surface area contributed by atoms with Crippen molar-refractivity contribution in [1.29, 1.82) is 5.26 Å². The van der Waals surface area contributed by atoms with Crippen LogP contribution in [0.15, 0.2) is 6.07 Å².